The van der Waals surface area contributed by atoms with Gasteiger partial charge in [-0.3, -0.25) is 14.9 Å². The van der Waals surface area contributed by atoms with Crippen molar-refractivity contribution >= 4 is 39.3 Å². The minimum atomic E-state index is -0.406. The van der Waals surface area contributed by atoms with Crippen LogP contribution >= 0.6 is 22.7 Å². The molecule has 1 aliphatic heterocycles. The second-order valence-electron chi connectivity index (χ2n) is 5.40. The zero-order chi connectivity index (χ0) is 15.3. The molecule has 0 saturated carbocycles. The molecule has 0 aromatic carbocycles. The summed E-state index contributed by atoms with van der Waals surface area (Å²) in [6.45, 7) is 0. The molecule has 22 heavy (non-hydrogen) atoms. The van der Waals surface area contributed by atoms with E-state index in [-0.39, 0.29) is 17.1 Å². The van der Waals surface area contributed by atoms with Crippen LogP contribution in [0.5, 0.6) is 0 Å². The van der Waals surface area contributed by atoms with Crippen molar-refractivity contribution in [2.75, 3.05) is 5.32 Å². The van der Waals surface area contributed by atoms with Crippen LogP contribution in [0.3, 0.4) is 0 Å². The standard InChI is InChI=1S/C14H13N3O3S2/c18-14-12-11(7-3-1-2-4-8(7)22-12)15-13(16-14)9-5-6-10(21-9)17(19)20/h5-6,13,15H,1-4H2,(H,16,18)/t13-/m0/s1. The largest absolute Gasteiger partial charge is 0.359 e. The lowest BCUT2D eigenvalue weighted by Crippen LogP contribution is -2.37. The summed E-state index contributed by atoms with van der Waals surface area (Å²) in [5.74, 6) is -0.0887. The molecular formula is C14H13N3O3S2. The molecule has 0 fully saturated rings. The Labute approximate surface area is 134 Å². The first-order valence-corrected chi connectivity index (χ1v) is 8.73. The number of aryl methyl sites for hydroxylation is 1. The highest BCUT2D eigenvalue weighted by Gasteiger charge is 2.32. The molecule has 1 atom stereocenters. The van der Waals surface area contributed by atoms with Crippen molar-refractivity contribution in [2.45, 2.75) is 31.8 Å². The number of nitrogens with one attached hydrogen (secondary N) is 2. The number of amides is 1. The molecule has 8 heteroatoms. The van der Waals surface area contributed by atoms with E-state index in [4.69, 9.17) is 0 Å². The predicted molar refractivity (Wildman–Crippen MR) is 85.8 cm³/mol. The third-order valence-corrected chi connectivity index (χ3v) is 6.41. The van der Waals surface area contributed by atoms with E-state index < -0.39 is 4.92 Å². The highest BCUT2D eigenvalue weighted by molar-refractivity contribution is 7.15. The summed E-state index contributed by atoms with van der Waals surface area (Å²) in [4.78, 5) is 25.6. The first-order chi connectivity index (χ1) is 10.6. The number of hydrogen-bond donors (Lipinski definition) is 2. The lowest BCUT2D eigenvalue weighted by atomic mass is 9.97. The van der Waals surface area contributed by atoms with Crippen molar-refractivity contribution in [3.63, 3.8) is 0 Å². The lowest BCUT2D eigenvalue weighted by Gasteiger charge is -2.26. The van der Waals surface area contributed by atoms with Gasteiger partial charge in [0.15, 0.2) is 0 Å². The number of nitrogens with zero attached hydrogens (tertiary/aromatic N) is 1. The van der Waals surface area contributed by atoms with E-state index in [0.29, 0.717) is 0 Å². The van der Waals surface area contributed by atoms with Crippen LogP contribution in [0.2, 0.25) is 0 Å². The fraction of sp³-hybridized carbons (Fsp3) is 0.357. The molecule has 2 aromatic heterocycles. The van der Waals surface area contributed by atoms with E-state index in [1.54, 1.807) is 17.4 Å². The maximum absolute atomic E-state index is 12.4. The van der Waals surface area contributed by atoms with E-state index in [1.807, 2.05) is 0 Å². The number of hydrogen-bond acceptors (Lipinski definition) is 6. The quantitative estimate of drug-likeness (QED) is 0.650. The normalized spacial score (nSPS) is 19.8. The molecule has 3 heterocycles. The van der Waals surface area contributed by atoms with Crippen molar-refractivity contribution in [3.05, 3.63) is 42.4 Å². The molecule has 2 aromatic rings. The molecule has 6 nitrogen and oxygen atoms in total. The van der Waals surface area contributed by atoms with E-state index in [9.17, 15) is 14.9 Å². The van der Waals surface area contributed by atoms with Crippen molar-refractivity contribution in [3.8, 4) is 0 Å². The lowest BCUT2D eigenvalue weighted by molar-refractivity contribution is -0.380. The topological polar surface area (TPSA) is 84.3 Å². The number of anilines is 1. The average Bonchev–Trinajstić information content (AvgIpc) is 3.12. The van der Waals surface area contributed by atoms with Crippen LogP contribution in [-0.4, -0.2) is 10.8 Å². The molecule has 4 rings (SSSR count). The zero-order valence-corrected chi connectivity index (χ0v) is 13.2. The monoisotopic (exact) mass is 335 g/mol. The minimum absolute atomic E-state index is 0.0872. The van der Waals surface area contributed by atoms with Crippen molar-refractivity contribution < 1.29 is 9.72 Å². The molecular weight excluding hydrogens is 322 g/mol. The Bertz CT molecular complexity index is 780. The molecule has 0 bridgehead atoms. The van der Waals surface area contributed by atoms with Gasteiger partial charge >= 0.3 is 5.00 Å². The Kier molecular flexibility index (Phi) is 3.16. The second kappa shape index (κ2) is 5.06. The summed E-state index contributed by atoms with van der Waals surface area (Å²) in [7, 11) is 0. The Morgan fingerprint density at radius 2 is 2.00 bits per heavy atom. The number of thiophene rings is 2. The summed E-state index contributed by atoms with van der Waals surface area (Å²) in [6.07, 6.45) is 3.97. The molecule has 2 aliphatic rings. The first kappa shape index (κ1) is 13.7. The fourth-order valence-electron chi connectivity index (χ4n) is 2.99. The SMILES string of the molecule is O=C1N[C@@H](c2ccc([N+](=O)[O-])s2)Nc2c1sc1c2CCCC1. The van der Waals surface area contributed by atoms with Crippen LogP contribution in [0.15, 0.2) is 12.1 Å². The van der Waals surface area contributed by atoms with Crippen LogP contribution in [-0.2, 0) is 12.8 Å². The van der Waals surface area contributed by atoms with Crippen LogP contribution < -0.4 is 10.6 Å². The highest BCUT2D eigenvalue weighted by Crippen LogP contribution is 2.42. The molecule has 0 spiro atoms. The minimum Gasteiger partial charge on any atom is -0.359 e. The number of rotatable bonds is 2. The smallest absolute Gasteiger partial charge is 0.324 e. The molecule has 1 aliphatic carbocycles. The maximum Gasteiger partial charge on any atom is 0.324 e. The average molecular weight is 335 g/mol. The van der Waals surface area contributed by atoms with Gasteiger partial charge in [0.1, 0.15) is 11.0 Å². The van der Waals surface area contributed by atoms with Crippen LogP contribution in [0, 0.1) is 10.1 Å². The van der Waals surface area contributed by atoms with Gasteiger partial charge in [0.05, 0.1) is 15.5 Å². The molecule has 114 valence electrons. The van der Waals surface area contributed by atoms with E-state index >= 15 is 0 Å². The number of fused-ring (bicyclic) bond motifs is 3. The Morgan fingerprint density at radius 3 is 2.77 bits per heavy atom. The predicted octanol–water partition coefficient (Wildman–Crippen LogP) is 3.45. The molecule has 2 N–H and O–H groups in total. The summed E-state index contributed by atoms with van der Waals surface area (Å²) in [5, 5.41) is 17.2. The van der Waals surface area contributed by atoms with Crippen molar-refractivity contribution in [1.82, 2.24) is 5.32 Å². The first-order valence-electron chi connectivity index (χ1n) is 7.09. The van der Waals surface area contributed by atoms with E-state index in [0.717, 1.165) is 46.0 Å². The van der Waals surface area contributed by atoms with Gasteiger partial charge in [0, 0.05) is 10.9 Å². The maximum atomic E-state index is 12.4. The zero-order valence-electron chi connectivity index (χ0n) is 11.5. The van der Waals surface area contributed by atoms with Crippen molar-refractivity contribution in [2.24, 2.45) is 0 Å². The van der Waals surface area contributed by atoms with Crippen molar-refractivity contribution in [1.29, 1.82) is 0 Å². The van der Waals surface area contributed by atoms with Gasteiger partial charge in [0.25, 0.3) is 5.91 Å². The van der Waals surface area contributed by atoms with Gasteiger partial charge in [-0.05, 0) is 37.3 Å². The van der Waals surface area contributed by atoms with Crippen LogP contribution in [0.4, 0.5) is 10.7 Å². The number of carbonyl (C=O) groups excluding carboxylic acids is 1. The number of nitro groups is 1. The van der Waals surface area contributed by atoms with Gasteiger partial charge in [-0.2, -0.15) is 0 Å². The summed E-state index contributed by atoms with van der Waals surface area (Å²) >= 11 is 2.67. The highest BCUT2D eigenvalue weighted by atomic mass is 32.1. The summed E-state index contributed by atoms with van der Waals surface area (Å²) in [6, 6.07) is 3.18. The summed E-state index contributed by atoms with van der Waals surface area (Å²) in [5.41, 5.74) is 2.20. The van der Waals surface area contributed by atoms with Gasteiger partial charge in [-0.1, -0.05) is 11.3 Å². The second-order valence-corrected chi connectivity index (χ2v) is 7.60. The summed E-state index contributed by atoms with van der Waals surface area (Å²) < 4.78 is 0. The Hall–Kier alpha value is -1.93. The third kappa shape index (κ3) is 2.10. The molecule has 0 unspecified atom stereocenters. The third-order valence-electron chi connectivity index (χ3n) is 4.02. The van der Waals surface area contributed by atoms with Gasteiger partial charge in [0.2, 0.25) is 0 Å². The van der Waals surface area contributed by atoms with Crippen LogP contribution in [0.25, 0.3) is 0 Å². The van der Waals surface area contributed by atoms with Gasteiger partial charge in [-0.15, -0.1) is 11.3 Å². The van der Waals surface area contributed by atoms with Gasteiger partial charge < -0.3 is 10.6 Å². The van der Waals surface area contributed by atoms with Gasteiger partial charge in [-0.25, -0.2) is 0 Å². The fourth-order valence-corrected chi connectivity index (χ4v) is 5.07. The Morgan fingerprint density at radius 1 is 1.18 bits per heavy atom. The number of carbonyl (C=O) groups is 1. The molecule has 1 amide bonds. The van der Waals surface area contributed by atoms with E-state index in [1.165, 1.54) is 22.9 Å². The Balaban J connectivity index is 1.70. The van der Waals surface area contributed by atoms with Crippen LogP contribution in [0.1, 0.15) is 44.0 Å². The molecule has 0 saturated heterocycles. The molecule has 0 radical (unpaired) electrons. The van der Waals surface area contributed by atoms with E-state index in [2.05, 4.69) is 10.6 Å².